The van der Waals surface area contributed by atoms with Gasteiger partial charge in [0.25, 0.3) is 0 Å². The normalized spacial score (nSPS) is 6.33. The van der Waals surface area contributed by atoms with Crippen LogP contribution in [0.1, 0.15) is 13.3 Å². The largest absolute Gasteiger partial charge is 0.195 e. The molecule has 2 heteroatoms. The molecule has 0 heterocycles. The summed E-state index contributed by atoms with van der Waals surface area (Å²) in [5.41, 5.74) is 0. The van der Waals surface area contributed by atoms with Gasteiger partial charge in [-0.25, -0.2) is 0 Å². The highest BCUT2D eigenvalue weighted by Crippen LogP contribution is 1.81. The molecule has 0 atom stereocenters. The lowest BCUT2D eigenvalue weighted by Crippen LogP contribution is -1.73. The second-order valence-electron chi connectivity index (χ2n) is 1.20. The van der Waals surface area contributed by atoms with Crippen molar-refractivity contribution in [3.05, 3.63) is 0 Å². The Morgan fingerprint density at radius 3 is 2.00 bits per heavy atom. The molecule has 0 unspecified atom stereocenters. The van der Waals surface area contributed by atoms with Gasteiger partial charge in [0, 0.05) is 0 Å². The molecule has 0 aliphatic rings. The first-order valence-corrected chi connectivity index (χ1v) is 4.16. The van der Waals surface area contributed by atoms with E-state index in [1.54, 1.807) is 0 Å². The van der Waals surface area contributed by atoms with E-state index in [4.69, 9.17) is 0 Å². The predicted octanol–water partition coefficient (Wildman–Crippen LogP) is 1.99. The molecule has 0 fully saturated rings. The van der Waals surface area contributed by atoms with Crippen LogP contribution in [0.25, 0.3) is 0 Å². The third-order valence-corrected chi connectivity index (χ3v) is 1.73. The predicted molar refractivity (Wildman–Crippen MR) is 34.0 cm³/mol. The van der Waals surface area contributed by atoms with Crippen molar-refractivity contribution in [2.75, 3.05) is 0 Å². The molecule has 0 nitrogen and oxygen atoms in total. The Morgan fingerprint density at radius 2 is 2.00 bits per heavy atom. The van der Waals surface area contributed by atoms with E-state index in [1.165, 1.54) is 11.7 Å². The zero-order chi connectivity index (χ0) is 4.12. The third-order valence-electron chi connectivity index (χ3n) is 0.577. The van der Waals surface area contributed by atoms with Gasteiger partial charge in [0.1, 0.15) is 0 Å². The molecular formula is C4H11AlCl. The minimum absolute atomic E-state index is 0. The van der Waals surface area contributed by atoms with Gasteiger partial charge >= 0.3 is 0 Å². The molecule has 6 heavy (non-hydrogen) atoms. The van der Waals surface area contributed by atoms with Crippen LogP contribution in [0.15, 0.2) is 0 Å². The van der Waals surface area contributed by atoms with Crippen LogP contribution in [0.5, 0.6) is 0 Å². The summed E-state index contributed by atoms with van der Waals surface area (Å²) in [6.07, 6.45) is 1.38. The topological polar surface area (TPSA) is 0 Å². The summed E-state index contributed by atoms with van der Waals surface area (Å²) in [5.74, 6) is 2.30. The zero-order valence-electron chi connectivity index (χ0n) is 4.40. The Kier molecular flexibility index (Phi) is 15.4. The summed E-state index contributed by atoms with van der Waals surface area (Å²) in [6, 6.07) is 0. The molecule has 37 valence electrons. The molecule has 0 bridgehead atoms. The molecule has 0 spiro atoms. The fraction of sp³-hybridized carbons (Fsp3) is 1.00. The number of rotatable bonds is 2. The van der Waals surface area contributed by atoms with E-state index in [9.17, 15) is 0 Å². The van der Waals surface area contributed by atoms with Crippen LogP contribution >= 0.6 is 12.4 Å². The molecule has 0 aliphatic heterocycles. The lowest BCUT2D eigenvalue weighted by Gasteiger charge is -1.76. The SMILES string of the molecule is CC[CH2][Al][CH3].Cl. The number of hydrogen-bond acceptors (Lipinski definition) is 0. The fourth-order valence-electron chi connectivity index (χ4n) is 0.289. The van der Waals surface area contributed by atoms with Gasteiger partial charge in [-0.15, -0.1) is 23.5 Å². The first-order chi connectivity index (χ1) is 2.41. The van der Waals surface area contributed by atoms with E-state index in [0.29, 0.717) is 0 Å². The first-order valence-electron chi connectivity index (χ1n) is 2.19. The van der Waals surface area contributed by atoms with Crippen molar-refractivity contribution in [3.63, 3.8) is 0 Å². The van der Waals surface area contributed by atoms with E-state index >= 15 is 0 Å². The minimum atomic E-state index is 0. The summed E-state index contributed by atoms with van der Waals surface area (Å²) in [6.45, 7) is 2.23. The van der Waals surface area contributed by atoms with Crippen LogP contribution < -0.4 is 0 Å². The van der Waals surface area contributed by atoms with Crippen molar-refractivity contribution >= 4 is 27.6 Å². The molecule has 1 radical (unpaired) electrons. The fourth-order valence-corrected chi connectivity index (χ4v) is 0.866. The van der Waals surface area contributed by atoms with Crippen molar-refractivity contribution in [1.29, 1.82) is 0 Å². The quantitative estimate of drug-likeness (QED) is 0.490. The molecule has 0 saturated heterocycles. The van der Waals surface area contributed by atoms with E-state index in [-0.39, 0.29) is 12.4 Å². The van der Waals surface area contributed by atoms with E-state index < -0.39 is 0 Å². The van der Waals surface area contributed by atoms with Gasteiger partial charge in [-0.3, -0.25) is 0 Å². The van der Waals surface area contributed by atoms with Gasteiger partial charge in [0.15, 0.2) is 15.2 Å². The molecule has 0 rings (SSSR count). The molecule has 0 aromatic heterocycles. The molecule has 0 aliphatic carbocycles. The smallest absolute Gasteiger partial charge is 0.147 e. The Morgan fingerprint density at radius 1 is 1.50 bits per heavy atom. The monoisotopic (exact) mass is 121 g/mol. The molecule has 0 aromatic rings. The van der Waals surface area contributed by atoms with Gasteiger partial charge in [0.05, 0.1) is 0 Å². The number of hydrogen-bond donors (Lipinski definition) is 0. The molecule has 0 aromatic carbocycles. The van der Waals surface area contributed by atoms with E-state index in [0.717, 1.165) is 15.2 Å². The van der Waals surface area contributed by atoms with Gasteiger partial charge in [-0.2, -0.15) is 0 Å². The van der Waals surface area contributed by atoms with Crippen molar-refractivity contribution in [3.8, 4) is 0 Å². The van der Waals surface area contributed by atoms with Crippen LogP contribution in [0.4, 0.5) is 0 Å². The summed E-state index contributed by atoms with van der Waals surface area (Å²) in [4.78, 5) is 0. The van der Waals surface area contributed by atoms with Gasteiger partial charge in [0.2, 0.25) is 0 Å². The Balaban J connectivity index is 0. The lowest BCUT2D eigenvalue weighted by molar-refractivity contribution is 1.07. The van der Waals surface area contributed by atoms with E-state index in [1.807, 2.05) is 0 Å². The van der Waals surface area contributed by atoms with Crippen LogP contribution in [0, 0.1) is 0 Å². The lowest BCUT2D eigenvalue weighted by atomic mass is 10.6. The molecule has 0 amide bonds. The van der Waals surface area contributed by atoms with Gasteiger partial charge in [-0.05, 0) is 0 Å². The maximum absolute atomic E-state index is 2.30. The second-order valence-corrected chi connectivity index (χ2v) is 2.59. The maximum Gasteiger partial charge on any atom is 0.195 e. The zero-order valence-corrected chi connectivity index (χ0v) is 6.37. The van der Waals surface area contributed by atoms with Gasteiger partial charge in [-0.1, -0.05) is 13.3 Å². The highest BCUT2D eigenvalue weighted by molar-refractivity contribution is 6.33. The van der Waals surface area contributed by atoms with Crippen molar-refractivity contribution in [1.82, 2.24) is 0 Å². The Hall–Kier alpha value is 0.822. The maximum atomic E-state index is 2.30. The summed E-state index contributed by atoms with van der Waals surface area (Å²) < 4.78 is 0. The van der Waals surface area contributed by atoms with Crippen LogP contribution in [0.2, 0.25) is 11.1 Å². The van der Waals surface area contributed by atoms with Crippen LogP contribution in [-0.4, -0.2) is 15.2 Å². The van der Waals surface area contributed by atoms with Crippen molar-refractivity contribution in [2.24, 2.45) is 0 Å². The van der Waals surface area contributed by atoms with Crippen molar-refractivity contribution in [2.45, 2.75) is 24.4 Å². The van der Waals surface area contributed by atoms with Crippen molar-refractivity contribution < 1.29 is 0 Å². The highest BCUT2D eigenvalue weighted by atomic mass is 35.5. The molecule has 0 saturated carbocycles. The molecular weight excluding hydrogens is 110 g/mol. The minimum Gasteiger partial charge on any atom is -0.147 e. The Labute approximate surface area is 52.4 Å². The Bertz CT molecular complexity index is 15.0. The first kappa shape index (κ1) is 9.95. The summed E-state index contributed by atoms with van der Waals surface area (Å²) in [7, 11) is 0. The van der Waals surface area contributed by atoms with Crippen LogP contribution in [0.3, 0.4) is 0 Å². The summed E-state index contributed by atoms with van der Waals surface area (Å²) >= 11 is 0.786. The van der Waals surface area contributed by atoms with Crippen LogP contribution in [-0.2, 0) is 0 Å². The average molecular weight is 122 g/mol. The third kappa shape index (κ3) is 8.85. The second kappa shape index (κ2) is 9.27. The standard InChI is InChI=1S/C3H7.CH3.Al.ClH/c1-3-2;;;/h1,3H2,2H3;1H3;;1H. The summed E-state index contributed by atoms with van der Waals surface area (Å²) in [5, 5.41) is 1.47. The number of halogens is 1. The van der Waals surface area contributed by atoms with E-state index in [2.05, 4.69) is 12.7 Å². The van der Waals surface area contributed by atoms with Gasteiger partial charge < -0.3 is 0 Å². The highest BCUT2D eigenvalue weighted by Gasteiger charge is 1.72. The average Bonchev–Trinajstić information content (AvgIpc) is 1.41. The molecule has 0 N–H and O–H groups in total.